The molecule has 3 nitrogen and oxygen atoms in total. The van der Waals surface area contributed by atoms with E-state index in [0.29, 0.717) is 17.3 Å². The smallest absolute Gasteiger partial charge is 0.263 e. The molecule has 0 aliphatic carbocycles. The maximum atomic E-state index is 12.4. The van der Waals surface area contributed by atoms with Crippen LogP contribution in [0.15, 0.2) is 54.6 Å². The lowest BCUT2D eigenvalue weighted by molar-refractivity contribution is -0.134. The Kier molecular flexibility index (Phi) is 5.67. The summed E-state index contributed by atoms with van der Waals surface area (Å²) in [7, 11) is 0. The first-order chi connectivity index (χ1) is 10.9. The summed E-state index contributed by atoms with van der Waals surface area (Å²) < 4.78 is 5.79. The largest absolute Gasteiger partial charge is 0.478 e. The molecule has 0 aromatic heterocycles. The molecular weight excluding hydrogens is 310 g/mol. The monoisotopic (exact) mass is 331 g/mol. The van der Waals surface area contributed by atoms with Gasteiger partial charge in [-0.05, 0) is 49.6 Å². The van der Waals surface area contributed by atoms with E-state index in [-0.39, 0.29) is 11.8 Å². The van der Waals surface area contributed by atoms with Gasteiger partial charge in [0, 0.05) is 11.6 Å². The van der Waals surface area contributed by atoms with E-state index < -0.39 is 5.60 Å². The number of rotatable bonds is 6. The van der Waals surface area contributed by atoms with Crippen LogP contribution < -0.4 is 10.1 Å². The maximum Gasteiger partial charge on any atom is 0.263 e. The van der Waals surface area contributed by atoms with E-state index in [1.54, 1.807) is 38.1 Å². The van der Waals surface area contributed by atoms with Gasteiger partial charge in [-0.15, -0.1) is 0 Å². The number of hydrogen-bond acceptors (Lipinski definition) is 2. The van der Waals surface area contributed by atoms with Gasteiger partial charge >= 0.3 is 0 Å². The van der Waals surface area contributed by atoms with Crippen LogP contribution in [0.3, 0.4) is 0 Å². The first kappa shape index (κ1) is 17.4. The second-order valence-corrected chi connectivity index (χ2v) is 6.52. The van der Waals surface area contributed by atoms with Crippen LogP contribution in [0.2, 0.25) is 5.02 Å². The van der Waals surface area contributed by atoms with E-state index in [1.807, 2.05) is 18.2 Å². The number of nitrogens with one attached hydrogen (secondary N) is 1. The first-order valence-corrected chi connectivity index (χ1v) is 8.04. The highest BCUT2D eigenvalue weighted by Gasteiger charge is 2.30. The molecule has 0 radical (unpaired) electrons. The van der Waals surface area contributed by atoms with Crippen LogP contribution >= 0.6 is 11.6 Å². The van der Waals surface area contributed by atoms with E-state index in [1.165, 1.54) is 5.56 Å². The number of ether oxygens (including phenoxy) is 1. The highest BCUT2D eigenvalue weighted by atomic mass is 35.5. The van der Waals surface area contributed by atoms with Crippen molar-refractivity contribution in [2.45, 2.75) is 32.3 Å². The normalized spacial score (nSPS) is 12.5. The van der Waals surface area contributed by atoms with E-state index in [9.17, 15) is 4.79 Å². The minimum absolute atomic E-state index is 0.143. The average molecular weight is 332 g/mol. The predicted octanol–water partition coefficient (Wildman–Crippen LogP) is 4.42. The number of halogens is 1. The van der Waals surface area contributed by atoms with Gasteiger partial charge in [0.2, 0.25) is 0 Å². The van der Waals surface area contributed by atoms with Crippen molar-refractivity contribution in [2.24, 2.45) is 0 Å². The van der Waals surface area contributed by atoms with Gasteiger partial charge in [-0.25, -0.2) is 0 Å². The SMILES string of the molecule is C[C@@H](CNC(=O)C(C)(C)Oc1ccc(Cl)cc1)c1ccccc1. The molecule has 0 spiro atoms. The van der Waals surface area contributed by atoms with Gasteiger partial charge in [-0.1, -0.05) is 48.9 Å². The summed E-state index contributed by atoms with van der Waals surface area (Å²) in [5.74, 6) is 0.715. The number of carbonyl (C=O) groups is 1. The van der Waals surface area contributed by atoms with Gasteiger partial charge < -0.3 is 10.1 Å². The third-order valence-electron chi connectivity index (χ3n) is 3.67. The van der Waals surface area contributed by atoms with Crippen LogP contribution in [0.25, 0.3) is 0 Å². The second kappa shape index (κ2) is 7.51. The van der Waals surface area contributed by atoms with Crippen molar-refractivity contribution < 1.29 is 9.53 Å². The van der Waals surface area contributed by atoms with Crippen LogP contribution in [0, 0.1) is 0 Å². The van der Waals surface area contributed by atoms with Crippen molar-refractivity contribution in [2.75, 3.05) is 6.54 Å². The Balaban J connectivity index is 1.92. The molecular formula is C19H22ClNO2. The van der Waals surface area contributed by atoms with E-state index in [2.05, 4.69) is 24.4 Å². The Morgan fingerprint density at radius 1 is 1.13 bits per heavy atom. The lowest BCUT2D eigenvalue weighted by Gasteiger charge is -2.26. The van der Waals surface area contributed by atoms with Crippen molar-refractivity contribution >= 4 is 17.5 Å². The van der Waals surface area contributed by atoms with E-state index in [4.69, 9.17) is 16.3 Å². The molecule has 0 saturated heterocycles. The Hall–Kier alpha value is -2.00. The zero-order valence-electron chi connectivity index (χ0n) is 13.7. The first-order valence-electron chi connectivity index (χ1n) is 7.66. The standard InChI is InChI=1S/C19H22ClNO2/c1-14(15-7-5-4-6-8-15)13-21-18(22)19(2,3)23-17-11-9-16(20)10-12-17/h4-12,14H,13H2,1-3H3,(H,21,22)/t14-/m0/s1. The van der Waals surface area contributed by atoms with Crippen molar-refractivity contribution in [3.8, 4) is 5.75 Å². The van der Waals surface area contributed by atoms with Crippen LogP contribution in [0.4, 0.5) is 0 Å². The molecule has 0 aliphatic rings. The third kappa shape index (κ3) is 5.00. The molecule has 0 heterocycles. The van der Waals surface area contributed by atoms with Crippen molar-refractivity contribution in [1.29, 1.82) is 0 Å². The molecule has 0 fully saturated rings. The average Bonchev–Trinajstić information content (AvgIpc) is 2.55. The van der Waals surface area contributed by atoms with Gasteiger partial charge in [-0.3, -0.25) is 4.79 Å². The van der Waals surface area contributed by atoms with Crippen LogP contribution in [-0.2, 0) is 4.79 Å². The van der Waals surface area contributed by atoms with Crippen molar-refractivity contribution in [3.05, 3.63) is 65.2 Å². The molecule has 1 amide bonds. The fraction of sp³-hybridized carbons (Fsp3) is 0.316. The quantitative estimate of drug-likeness (QED) is 0.851. The second-order valence-electron chi connectivity index (χ2n) is 6.09. The summed E-state index contributed by atoms with van der Waals surface area (Å²) in [6.45, 7) is 6.16. The Bertz CT molecular complexity index is 638. The number of benzene rings is 2. The van der Waals surface area contributed by atoms with Gasteiger partial charge in [0.1, 0.15) is 5.75 Å². The fourth-order valence-electron chi connectivity index (χ4n) is 2.20. The number of hydrogen-bond donors (Lipinski definition) is 1. The summed E-state index contributed by atoms with van der Waals surface area (Å²) in [6.07, 6.45) is 0. The Morgan fingerprint density at radius 2 is 1.74 bits per heavy atom. The lowest BCUT2D eigenvalue weighted by Crippen LogP contribution is -2.47. The summed E-state index contributed by atoms with van der Waals surface area (Å²) in [6, 6.07) is 17.1. The van der Waals surface area contributed by atoms with Gasteiger partial charge in [0.25, 0.3) is 5.91 Å². The molecule has 1 N–H and O–H groups in total. The van der Waals surface area contributed by atoms with E-state index >= 15 is 0 Å². The molecule has 122 valence electrons. The summed E-state index contributed by atoms with van der Waals surface area (Å²) in [5, 5.41) is 3.60. The molecule has 0 unspecified atom stereocenters. The van der Waals surface area contributed by atoms with E-state index in [0.717, 1.165) is 0 Å². The van der Waals surface area contributed by atoms with Gasteiger partial charge in [0.05, 0.1) is 0 Å². The zero-order valence-corrected chi connectivity index (χ0v) is 14.4. The molecule has 4 heteroatoms. The third-order valence-corrected chi connectivity index (χ3v) is 3.92. The lowest BCUT2D eigenvalue weighted by atomic mass is 10.0. The Morgan fingerprint density at radius 3 is 2.35 bits per heavy atom. The highest BCUT2D eigenvalue weighted by Crippen LogP contribution is 2.21. The highest BCUT2D eigenvalue weighted by molar-refractivity contribution is 6.30. The minimum Gasteiger partial charge on any atom is -0.478 e. The number of carbonyl (C=O) groups excluding carboxylic acids is 1. The fourth-order valence-corrected chi connectivity index (χ4v) is 2.33. The maximum absolute atomic E-state index is 12.4. The molecule has 0 aliphatic heterocycles. The predicted molar refractivity (Wildman–Crippen MR) is 94.0 cm³/mol. The molecule has 1 atom stereocenters. The van der Waals surface area contributed by atoms with Crippen molar-refractivity contribution in [1.82, 2.24) is 5.32 Å². The summed E-state index contributed by atoms with van der Waals surface area (Å²) in [4.78, 5) is 12.4. The topological polar surface area (TPSA) is 38.3 Å². The van der Waals surface area contributed by atoms with Crippen LogP contribution in [0.1, 0.15) is 32.3 Å². The molecule has 2 aromatic rings. The summed E-state index contributed by atoms with van der Waals surface area (Å²) in [5.41, 5.74) is 0.244. The number of amides is 1. The molecule has 0 bridgehead atoms. The molecule has 2 rings (SSSR count). The molecule has 2 aromatic carbocycles. The van der Waals surface area contributed by atoms with Crippen molar-refractivity contribution in [3.63, 3.8) is 0 Å². The minimum atomic E-state index is -0.954. The molecule has 23 heavy (non-hydrogen) atoms. The summed E-state index contributed by atoms with van der Waals surface area (Å²) >= 11 is 5.85. The molecule has 0 saturated carbocycles. The van der Waals surface area contributed by atoms with Crippen LogP contribution in [0.5, 0.6) is 5.75 Å². The zero-order chi connectivity index (χ0) is 16.9. The van der Waals surface area contributed by atoms with Crippen LogP contribution in [-0.4, -0.2) is 18.1 Å². The Labute approximate surface area is 142 Å². The van der Waals surface area contributed by atoms with Gasteiger partial charge in [0.15, 0.2) is 5.60 Å². The van der Waals surface area contributed by atoms with Gasteiger partial charge in [-0.2, -0.15) is 0 Å².